The molecule has 0 heterocycles. The minimum absolute atomic E-state index is 0.113. The summed E-state index contributed by atoms with van der Waals surface area (Å²) in [5, 5.41) is 28.9. The first-order valence-corrected chi connectivity index (χ1v) is 10.8. The fourth-order valence-corrected chi connectivity index (χ4v) is 3.68. The molecule has 0 fully saturated rings. The average molecular weight is 447 g/mol. The number of amides is 3. The molecule has 1 aliphatic carbocycles. The Labute approximate surface area is 188 Å². The highest BCUT2D eigenvalue weighted by Crippen LogP contribution is 2.21. The van der Waals surface area contributed by atoms with Crippen molar-refractivity contribution in [1.29, 1.82) is 0 Å². The number of aliphatic hydroxyl groups is 2. The molecule has 2 rings (SSSR count). The van der Waals surface area contributed by atoms with Gasteiger partial charge in [0, 0.05) is 18.4 Å². The van der Waals surface area contributed by atoms with E-state index in [1.54, 1.807) is 7.05 Å². The van der Waals surface area contributed by atoms with Crippen molar-refractivity contribution in [2.75, 3.05) is 7.05 Å². The SMILES string of the molecule is CN[C@@H](CC(C)C)C(=O)N[C@H]1C=C(C(=O)N[C@H](Cc2ccccc2)C(N)=O)C[C@@H](O)[C@@H]1O. The van der Waals surface area contributed by atoms with E-state index in [-0.39, 0.29) is 30.2 Å². The van der Waals surface area contributed by atoms with Crippen molar-refractivity contribution in [2.45, 2.75) is 63.4 Å². The number of carbonyl (C=O) groups is 3. The maximum absolute atomic E-state index is 12.8. The molecule has 1 aliphatic rings. The van der Waals surface area contributed by atoms with Crippen LogP contribution in [0.2, 0.25) is 0 Å². The number of benzene rings is 1. The molecule has 0 bridgehead atoms. The molecule has 9 heteroatoms. The number of primary amides is 1. The molecule has 1 aromatic rings. The highest BCUT2D eigenvalue weighted by atomic mass is 16.3. The number of nitrogens with two attached hydrogens (primary N) is 1. The van der Waals surface area contributed by atoms with Crippen LogP contribution in [0.15, 0.2) is 42.0 Å². The number of hydrogen-bond acceptors (Lipinski definition) is 6. The van der Waals surface area contributed by atoms with E-state index in [2.05, 4.69) is 16.0 Å². The molecule has 0 aromatic heterocycles. The molecule has 0 aliphatic heterocycles. The monoisotopic (exact) mass is 446 g/mol. The van der Waals surface area contributed by atoms with Crippen molar-refractivity contribution in [3.05, 3.63) is 47.5 Å². The fourth-order valence-electron chi connectivity index (χ4n) is 3.68. The lowest BCUT2D eigenvalue weighted by Crippen LogP contribution is -2.55. The lowest BCUT2D eigenvalue weighted by molar-refractivity contribution is -0.126. The van der Waals surface area contributed by atoms with Crippen LogP contribution in [0.25, 0.3) is 0 Å². The summed E-state index contributed by atoms with van der Waals surface area (Å²) in [7, 11) is 1.67. The van der Waals surface area contributed by atoms with Gasteiger partial charge in [-0.2, -0.15) is 0 Å². The van der Waals surface area contributed by atoms with Gasteiger partial charge in [-0.25, -0.2) is 0 Å². The topological polar surface area (TPSA) is 154 Å². The number of carbonyl (C=O) groups excluding carboxylic acids is 3. The second-order valence-electron chi connectivity index (χ2n) is 8.58. The Morgan fingerprint density at radius 3 is 2.34 bits per heavy atom. The van der Waals surface area contributed by atoms with Crippen LogP contribution in [0, 0.1) is 5.92 Å². The van der Waals surface area contributed by atoms with Gasteiger partial charge in [-0.05, 0) is 24.9 Å². The van der Waals surface area contributed by atoms with Gasteiger partial charge in [0.05, 0.1) is 18.2 Å². The molecule has 32 heavy (non-hydrogen) atoms. The van der Waals surface area contributed by atoms with Crippen LogP contribution in [0.1, 0.15) is 32.3 Å². The summed E-state index contributed by atoms with van der Waals surface area (Å²) in [6, 6.07) is 6.76. The first-order valence-electron chi connectivity index (χ1n) is 10.8. The number of nitrogens with one attached hydrogen (secondary N) is 3. The van der Waals surface area contributed by atoms with Crippen LogP contribution >= 0.6 is 0 Å². The number of likely N-dealkylation sites (N-methyl/N-ethyl adjacent to an activating group) is 1. The molecule has 7 N–H and O–H groups in total. The Balaban J connectivity index is 2.13. The summed E-state index contributed by atoms with van der Waals surface area (Å²) < 4.78 is 0. The van der Waals surface area contributed by atoms with Gasteiger partial charge in [0.1, 0.15) is 12.1 Å². The Kier molecular flexibility index (Phi) is 9.37. The molecule has 0 unspecified atom stereocenters. The van der Waals surface area contributed by atoms with E-state index in [9.17, 15) is 24.6 Å². The lowest BCUT2D eigenvalue weighted by atomic mass is 9.89. The molecule has 3 amide bonds. The van der Waals surface area contributed by atoms with Gasteiger partial charge in [-0.3, -0.25) is 14.4 Å². The zero-order chi connectivity index (χ0) is 23.8. The van der Waals surface area contributed by atoms with Crippen LogP contribution in [-0.4, -0.2) is 65.3 Å². The van der Waals surface area contributed by atoms with E-state index in [1.165, 1.54) is 6.08 Å². The van der Waals surface area contributed by atoms with Crippen molar-refractivity contribution in [1.82, 2.24) is 16.0 Å². The van der Waals surface area contributed by atoms with Crippen molar-refractivity contribution in [3.8, 4) is 0 Å². The van der Waals surface area contributed by atoms with E-state index in [0.29, 0.717) is 6.42 Å². The summed E-state index contributed by atoms with van der Waals surface area (Å²) >= 11 is 0. The number of rotatable bonds is 10. The van der Waals surface area contributed by atoms with E-state index >= 15 is 0 Å². The summed E-state index contributed by atoms with van der Waals surface area (Å²) in [6.07, 6.45) is -0.386. The predicted octanol–water partition coefficient (Wildman–Crippen LogP) is -0.630. The molecule has 0 radical (unpaired) electrons. The average Bonchev–Trinajstić information content (AvgIpc) is 2.74. The Bertz CT molecular complexity index is 827. The van der Waals surface area contributed by atoms with Gasteiger partial charge >= 0.3 is 0 Å². The standard InChI is InChI=1S/C23H34N4O5/c1-13(2)9-18(25-3)23(32)26-16-11-15(12-19(28)20(16)29)22(31)27-17(21(24)30)10-14-7-5-4-6-8-14/h4-8,11,13,16-20,25,28-29H,9-10,12H2,1-3H3,(H2,24,30)(H,26,32)(H,27,31)/t16-,17+,18-,19+,20+/m0/s1. The van der Waals surface area contributed by atoms with Crippen LogP contribution in [0.3, 0.4) is 0 Å². The van der Waals surface area contributed by atoms with Crippen molar-refractivity contribution in [3.63, 3.8) is 0 Å². The first kappa shape index (κ1) is 25.5. The summed E-state index contributed by atoms with van der Waals surface area (Å²) in [5.74, 6) is -1.33. The molecule has 1 aromatic carbocycles. The predicted molar refractivity (Wildman–Crippen MR) is 120 cm³/mol. The van der Waals surface area contributed by atoms with Gasteiger partial charge in [-0.15, -0.1) is 0 Å². The normalized spacial score (nSPS) is 22.6. The van der Waals surface area contributed by atoms with Crippen LogP contribution in [0.5, 0.6) is 0 Å². The lowest BCUT2D eigenvalue weighted by Gasteiger charge is -2.32. The second-order valence-corrected chi connectivity index (χ2v) is 8.58. The fraction of sp³-hybridized carbons (Fsp3) is 0.522. The van der Waals surface area contributed by atoms with Crippen LogP contribution < -0.4 is 21.7 Å². The van der Waals surface area contributed by atoms with Crippen LogP contribution in [0.4, 0.5) is 0 Å². The van der Waals surface area contributed by atoms with Gasteiger partial charge in [0.25, 0.3) is 0 Å². The quantitative estimate of drug-likeness (QED) is 0.281. The Morgan fingerprint density at radius 2 is 1.78 bits per heavy atom. The van der Waals surface area contributed by atoms with E-state index in [1.807, 2.05) is 44.2 Å². The van der Waals surface area contributed by atoms with Gasteiger partial charge < -0.3 is 31.9 Å². The summed E-state index contributed by atoms with van der Waals surface area (Å²) in [4.78, 5) is 37.3. The highest BCUT2D eigenvalue weighted by molar-refractivity contribution is 5.97. The van der Waals surface area contributed by atoms with Crippen molar-refractivity contribution in [2.24, 2.45) is 11.7 Å². The van der Waals surface area contributed by atoms with E-state index in [4.69, 9.17) is 5.73 Å². The zero-order valence-electron chi connectivity index (χ0n) is 18.7. The zero-order valence-corrected chi connectivity index (χ0v) is 18.7. The third-order valence-electron chi connectivity index (χ3n) is 5.48. The Morgan fingerprint density at radius 1 is 1.12 bits per heavy atom. The molecule has 176 valence electrons. The third kappa shape index (κ3) is 7.15. The number of aliphatic hydroxyl groups excluding tert-OH is 2. The van der Waals surface area contributed by atoms with E-state index in [0.717, 1.165) is 5.56 Å². The van der Waals surface area contributed by atoms with E-state index < -0.39 is 42.1 Å². The molecular weight excluding hydrogens is 412 g/mol. The highest BCUT2D eigenvalue weighted by Gasteiger charge is 2.35. The number of hydrogen-bond donors (Lipinski definition) is 6. The maximum Gasteiger partial charge on any atom is 0.247 e. The minimum atomic E-state index is -1.26. The first-order chi connectivity index (χ1) is 15.1. The largest absolute Gasteiger partial charge is 0.390 e. The molecular formula is C23H34N4O5. The molecule has 9 nitrogen and oxygen atoms in total. The van der Waals surface area contributed by atoms with Gasteiger partial charge in [0.2, 0.25) is 17.7 Å². The minimum Gasteiger partial charge on any atom is -0.390 e. The van der Waals surface area contributed by atoms with Crippen molar-refractivity contribution >= 4 is 17.7 Å². The van der Waals surface area contributed by atoms with Gasteiger partial charge in [-0.1, -0.05) is 50.3 Å². The molecule has 5 atom stereocenters. The van der Waals surface area contributed by atoms with Gasteiger partial charge in [0.15, 0.2) is 0 Å². The third-order valence-corrected chi connectivity index (χ3v) is 5.48. The molecule has 0 saturated heterocycles. The van der Waals surface area contributed by atoms with Crippen molar-refractivity contribution < 1.29 is 24.6 Å². The summed E-state index contributed by atoms with van der Waals surface area (Å²) in [5.41, 5.74) is 6.46. The van der Waals surface area contributed by atoms with Crippen LogP contribution in [-0.2, 0) is 20.8 Å². The Hall–Kier alpha value is -2.75. The summed E-state index contributed by atoms with van der Waals surface area (Å²) in [6.45, 7) is 3.98. The second kappa shape index (κ2) is 11.8. The molecule has 0 spiro atoms. The maximum atomic E-state index is 12.8. The smallest absolute Gasteiger partial charge is 0.247 e. The molecule has 0 saturated carbocycles.